The third-order valence-electron chi connectivity index (χ3n) is 2.70. The number of aliphatic carboxylic acids is 1. The molecule has 0 saturated heterocycles. The zero-order valence-electron chi connectivity index (χ0n) is 9.85. The van der Waals surface area contributed by atoms with Gasteiger partial charge in [-0.05, 0) is 25.0 Å². The lowest BCUT2D eigenvalue weighted by atomic mass is 10.4. The number of carboxylic acid groups (broad SMARTS) is 1. The van der Waals surface area contributed by atoms with Crippen LogP contribution in [0.3, 0.4) is 0 Å². The molecule has 0 unspecified atom stereocenters. The second-order valence-electron chi connectivity index (χ2n) is 4.17. The molecule has 1 heterocycles. The van der Waals surface area contributed by atoms with E-state index in [2.05, 4.69) is 4.98 Å². The van der Waals surface area contributed by atoms with Crippen LogP contribution in [0.15, 0.2) is 23.2 Å². The molecular weight excluding hydrogens is 270 g/mol. The normalized spacial score (nSPS) is 15.2. The van der Waals surface area contributed by atoms with Crippen LogP contribution in [-0.2, 0) is 14.8 Å². The van der Waals surface area contributed by atoms with Crippen LogP contribution in [0, 0.1) is 11.3 Å². The molecule has 7 nitrogen and oxygen atoms in total. The summed E-state index contributed by atoms with van der Waals surface area (Å²) in [5.41, 5.74) is 0.107. The molecule has 0 aromatic carbocycles. The van der Waals surface area contributed by atoms with E-state index in [1.165, 1.54) is 12.1 Å². The second-order valence-corrected chi connectivity index (χ2v) is 6.06. The lowest BCUT2D eigenvalue weighted by Crippen LogP contribution is -2.37. The molecule has 0 radical (unpaired) electrons. The molecule has 0 bridgehead atoms. The molecule has 1 saturated carbocycles. The first kappa shape index (κ1) is 13.5. The number of rotatable bonds is 5. The third-order valence-corrected chi connectivity index (χ3v) is 4.58. The Labute approximate surface area is 110 Å². The van der Waals surface area contributed by atoms with E-state index in [1.807, 2.05) is 0 Å². The number of aromatic nitrogens is 1. The fourth-order valence-corrected chi connectivity index (χ4v) is 3.22. The first-order valence-corrected chi connectivity index (χ1v) is 6.99. The van der Waals surface area contributed by atoms with Crippen molar-refractivity contribution in [2.24, 2.45) is 0 Å². The average molecular weight is 281 g/mol. The van der Waals surface area contributed by atoms with Crippen molar-refractivity contribution in [2.75, 3.05) is 6.54 Å². The summed E-state index contributed by atoms with van der Waals surface area (Å²) in [6.07, 6.45) is 2.40. The molecule has 2 rings (SSSR count). The maximum atomic E-state index is 12.3. The predicted molar refractivity (Wildman–Crippen MR) is 63.5 cm³/mol. The van der Waals surface area contributed by atoms with Gasteiger partial charge < -0.3 is 5.11 Å². The van der Waals surface area contributed by atoms with Crippen LogP contribution >= 0.6 is 0 Å². The van der Waals surface area contributed by atoms with Gasteiger partial charge in [-0.3, -0.25) is 4.79 Å². The van der Waals surface area contributed by atoms with Crippen molar-refractivity contribution >= 4 is 16.0 Å². The van der Waals surface area contributed by atoms with E-state index in [0.717, 1.165) is 10.5 Å². The molecule has 0 atom stereocenters. The highest BCUT2D eigenvalue weighted by molar-refractivity contribution is 7.89. The summed E-state index contributed by atoms with van der Waals surface area (Å²) < 4.78 is 25.5. The molecule has 1 aromatic rings. The van der Waals surface area contributed by atoms with Crippen LogP contribution < -0.4 is 0 Å². The zero-order valence-corrected chi connectivity index (χ0v) is 10.7. The first-order valence-electron chi connectivity index (χ1n) is 5.55. The number of nitrogens with zero attached hydrogens (tertiary/aromatic N) is 3. The molecule has 1 aromatic heterocycles. The number of nitriles is 1. The van der Waals surface area contributed by atoms with Gasteiger partial charge in [0, 0.05) is 12.2 Å². The van der Waals surface area contributed by atoms with E-state index in [4.69, 9.17) is 10.4 Å². The van der Waals surface area contributed by atoms with Crippen molar-refractivity contribution in [2.45, 2.75) is 23.8 Å². The molecule has 1 fully saturated rings. The van der Waals surface area contributed by atoms with Crippen molar-refractivity contribution < 1.29 is 18.3 Å². The fourth-order valence-electron chi connectivity index (χ4n) is 1.64. The Hall–Kier alpha value is -1.98. The summed E-state index contributed by atoms with van der Waals surface area (Å²) in [5.74, 6) is -1.20. The minimum absolute atomic E-state index is 0.0975. The molecule has 1 aliphatic carbocycles. The molecule has 1 N–H and O–H groups in total. The van der Waals surface area contributed by atoms with Crippen LogP contribution in [0.2, 0.25) is 0 Å². The highest BCUT2D eigenvalue weighted by Crippen LogP contribution is 2.31. The Balaban J connectivity index is 2.33. The van der Waals surface area contributed by atoms with Crippen molar-refractivity contribution in [3.8, 4) is 6.07 Å². The van der Waals surface area contributed by atoms with E-state index in [-0.39, 0.29) is 16.6 Å². The fraction of sp³-hybridized carbons (Fsp3) is 0.364. The quantitative estimate of drug-likeness (QED) is 0.824. The number of carboxylic acids is 1. The summed E-state index contributed by atoms with van der Waals surface area (Å²) in [6.45, 7) is -0.562. The van der Waals surface area contributed by atoms with Gasteiger partial charge in [0.15, 0.2) is 0 Å². The average Bonchev–Trinajstić information content (AvgIpc) is 3.20. The van der Waals surface area contributed by atoms with Gasteiger partial charge in [-0.25, -0.2) is 13.4 Å². The smallest absolute Gasteiger partial charge is 0.318 e. The van der Waals surface area contributed by atoms with Gasteiger partial charge in [-0.1, -0.05) is 0 Å². The Morgan fingerprint density at radius 3 is 2.63 bits per heavy atom. The highest BCUT2D eigenvalue weighted by Gasteiger charge is 2.39. The number of hydrogen-bond donors (Lipinski definition) is 1. The largest absolute Gasteiger partial charge is 0.480 e. The maximum Gasteiger partial charge on any atom is 0.318 e. The molecule has 0 aliphatic heterocycles. The van der Waals surface area contributed by atoms with Crippen LogP contribution in [0.5, 0.6) is 0 Å². The number of pyridine rings is 1. The first-order chi connectivity index (χ1) is 8.95. The third kappa shape index (κ3) is 2.89. The van der Waals surface area contributed by atoms with Crippen molar-refractivity contribution in [1.82, 2.24) is 9.29 Å². The van der Waals surface area contributed by atoms with E-state index < -0.39 is 22.5 Å². The van der Waals surface area contributed by atoms with Gasteiger partial charge in [-0.15, -0.1) is 0 Å². The Morgan fingerprint density at radius 1 is 1.53 bits per heavy atom. The van der Waals surface area contributed by atoms with Crippen LogP contribution in [0.1, 0.15) is 18.5 Å². The number of sulfonamides is 1. The summed E-state index contributed by atoms with van der Waals surface area (Å²) in [4.78, 5) is 14.3. The predicted octanol–water partition coefficient (Wildman–Crippen LogP) is 0.191. The van der Waals surface area contributed by atoms with E-state index in [9.17, 15) is 13.2 Å². The van der Waals surface area contributed by atoms with Gasteiger partial charge in [0.25, 0.3) is 0 Å². The van der Waals surface area contributed by atoms with Gasteiger partial charge in [-0.2, -0.15) is 9.57 Å². The summed E-state index contributed by atoms with van der Waals surface area (Å²) in [7, 11) is -3.88. The van der Waals surface area contributed by atoms with Crippen LogP contribution in [0.25, 0.3) is 0 Å². The van der Waals surface area contributed by atoms with Gasteiger partial charge >= 0.3 is 5.97 Å². The van der Waals surface area contributed by atoms with Crippen molar-refractivity contribution in [3.05, 3.63) is 24.0 Å². The Bertz CT molecular complexity index is 629. The monoisotopic (exact) mass is 281 g/mol. The van der Waals surface area contributed by atoms with E-state index >= 15 is 0 Å². The maximum absolute atomic E-state index is 12.3. The van der Waals surface area contributed by atoms with Crippen LogP contribution in [-0.4, -0.2) is 41.4 Å². The van der Waals surface area contributed by atoms with Gasteiger partial charge in [0.2, 0.25) is 10.0 Å². The second kappa shape index (κ2) is 4.95. The van der Waals surface area contributed by atoms with E-state index in [0.29, 0.717) is 12.8 Å². The molecule has 1 aliphatic rings. The molecular formula is C11H11N3O4S. The molecule has 19 heavy (non-hydrogen) atoms. The van der Waals surface area contributed by atoms with E-state index in [1.54, 1.807) is 6.07 Å². The molecule has 8 heteroatoms. The Morgan fingerprint density at radius 2 is 2.21 bits per heavy atom. The van der Waals surface area contributed by atoms with Gasteiger partial charge in [0.1, 0.15) is 23.2 Å². The zero-order chi connectivity index (χ0) is 14.0. The van der Waals surface area contributed by atoms with Gasteiger partial charge in [0.05, 0.1) is 0 Å². The molecule has 0 spiro atoms. The highest BCUT2D eigenvalue weighted by atomic mass is 32.2. The number of carbonyl (C=O) groups is 1. The Kier molecular flexibility index (Phi) is 3.50. The standard InChI is InChI=1S/C11H11N3O4S/c12-5-8-1-4-10(6-13-8)19(17,18)14(7-11(15)16)9-2-3-9/h1,4,6,9H,2-3,7H2,(H,15,16). The van der Waals surface area contributed by atoms with Crippen LogP contribution in [0.4, 0.5) is 0 Å². The van der Waals surface area contributed by atoms with Crippen molar-refractivity contribution in [1.29, 1.82) is 5.26 Å². The summed E-state index contributed by atoms with van der Waals surface area (Å²) >= 11 is 0. The summed E-state index contributed by atoms with van der Waals surface area (Å²) in [6, 6.07) is 4.09. The number of hydrogen-bond acceptors (Lipinski definition) is 5. The topological polar surface area (TPSA) is 111 Å². The SMILES string of the molecule is N#Cc1ccc(S(=O)(=O)N(CC(=O)O)C2CC2)cn1. The van der Waals surface area contributed by atoms with Crippen molar-refractivity contribution in [3.63, 3.8) is 0 Å². The molecule has 100 valence electrons. The lowest BCUT2D eigenvalue weighted by molar-refractivity contribution is -0.137. The summed E-state index contributed by atoms with van der Waals surface area (Å²) in [5, 5.41) is 17.4. The minimum Gasteiger partial charge on any atom is -0.480 e. The lowest BCUT2D eigenvalue weighted by Gasteiger charge is -2.19. The molecule has 0 amide bonds. The minimum atomic E-state index is -3.88.